The van der Waals surface area contributed by atoms with Crippen LogP contribution in [0.15, 0.2) is 48.8 Å². The number of anilines is 1. The third kappa shape index (κ3) is 3.82. The van der Waals surface area contributed by atoms with Crippen LogP contribution in [0.25, 0.3) is 0 Å². The van der Waals surface area contributed by atoms with Gasteiger partial charge in [-0.05, 0) is 49.0 Å². The summed E-state index contributed by atoms with van der Waals surface area (Å²) in [6.07, 6.45) is 3.54. The molecule has 0 spiro atoms. The molecule has 2 N–H and O–H groups in total. The minimum Gasteiger partial charge on any atom is -0.358 e. The highest BCUT2D eigenvalue weighted by Crippen LogP contribution is 2.08. The Labute approximate surface area is 112 Å². The Balaban J connectivity index is 1.84. The summed E-state index contributed by atoms with van der Waals surface area (Å²) in [4.78, 5) is 3.97. The van der Waals surface area contributed by atoms with Crippen molar-refractivity contribution in [3.63, 3.8) is 0 Å². The number of rotatable bonds is 3. The minimum atomic E-state index is 0.621. The van der Waals surface area contributed by atoms with Gasteiger partial charge >= 0.3 is 0 Å². The van der Waals surface area contributed by atoms with Crippen LogP contribution in [0.5, 0.6) is 0 Å². The monoisotopic (exact) mass is 257 g/mol. The van der Waals surface area contributed by atoms with Gasteiger partial charge in [0.05, 0.1) is 0 Å². The molecule has 0 unspecified atom stereocenters. The fourth-order valence-corrected chi connectivity index (χ4v) is 1.69. The Morgan fingerprint density at radius 2 is 1.78 bits per heavy atom. The molecule has 0 saturated carbocycles. The van der Waals surface area contributed by atoms with Crippen LogP contribution >= 0.6 is 12.2 Å². The van der Waals surface area contributed by atoms with E-state index >= 15 is 0 Å². The van der Waals surface area contributed by atoms with Crippen molar-refractivity contribution in [2.45, 2.75) is 13.5 Å². The van der Waals surface area contributed by atoms with Gasteiger partial charge in [-0.15, -0.1) is 0 Å². The van der Waals surface area contributed by atoms with Gasteiger partial charge in [-0.1, -0.05) is 17.7 Å². The van der Waals surface area contributed by atoms with Gasteiger partial charge in [0.15, 0.2) is 5.11 Å². The van der Waals surface area contributed by atoms with Crippen molar-refractivity contribution in [1.82, 2.24) is 10.3 Å². The molecule has 0 saturated heterocycles. The minimum absolute atomic E-state index is 0.621. The molecule has 0 aliphatic heterocycles. The fraction of sp³-hybridized carbons (Fsp3) is 0.143. The molecule has 0 fully saturated rings. The van der Waals surface area contributed by atoms with Crippen LogP contribution in [0.1, 0.15) is 11.1 Å². The van der Waals surface area contributed by atoms with E-state index in [1.807, 2.05) is 36.4 Å². The number of benzene rings is 1. The molecule has 1 aromatic carbocycles. The Morgan fingerprint density at radius 3 is 2.44 bits per heavy atom. The maximum absolute atomic E-state index is 5.23. The summed E-state index contributed by atoms with van der Waals surface area (Å²) in [6.45, 7) is 2.75. The third-order valence-corrected chi connectivity index (χ3v) is 2.76. The van der Waals surface area contributed by atoms with E-state index in [1.54, 1.807) is 12.4 Å². The van der Waals surface area contributed by atoms with E-state index in [0.29, 0.717) is 11.7 Å². The van der Waals surface area contributed by atoms with Crippen LogP contribution in [-0.4, -0.2) is 10.1 Å². The molecule has 92 valence electrons. The number of thiocarbonyl (C=S) groups is 1. The molecule has 1 aromatic heterocycles. The van der Waals surface area contributed by atoms with Crippen molar-refractivity contribution in [1.29, 1.82) is 0 Å². The molecule has 4 heteroatoms. The van der Waals surface area contributed by atoms with Crippen LogP contribution in [-0.2, 0) is 6.54 Å². The zero-order valence-electron chi connectivity index (χ0n) is 10.2. The summed E-state index contributed by atoms with van der Waals surface area (Å²) in [5.74, 6) is 0. The van der Waals surface area contributed by atoms with Crippen LogP contribution in [0.4, 0.5) is 5.69 Å². The van der Waals surface area contributed by atoms with Crippen molar-refractivity contribution in [3.05, 3.63) is 59.9 Å². The highest BCUT2D eigenvalue weighted by molar-refractivity contribution is 7.80. The molecule has 2 rings (SSSR count). The zero-order valence-corrected chi connectivity index (χ0v) is 11.0. The van der Waals surface area contributed by atoms with Gasteiger partial charge in [-0.2, -0.15) is 0 Å². The number of hydrogen-bond acceptors (Lipinski definition) is 2. The SMILES string of the molecule is Cc1ccc(NC(=S)NCc2ccncc2)cc1. The largest absolute Gasteiger partial charge is 0.358 e. The van der Waals surface area contributed by atoms with Crippen molar-refractivity contribution >= 4 is 23.0 Å². The van der Waals surface area contributed by atoms with Gasteiger partial charge in [-0.3, -0.25) is 4.98 Å². The van der Waals surface area contributed by atoms with E-state index in [1.165, 1.54) is 5.56 Å². The molecule has 3 nitrogen and oxygen atoms in total. The van der Waals surface area contributed by atoms with Gasteiger partial charge in [0.1, 0.15) is 0 Å². The van der Waals surface area contributed by atoms with E-state index in [-0.39, 0.29) is 0 Å². The first-order valence-electron chi connectivity index (χ1n) is 5.74. The number of hydrogen-bond donors (Lipinski definition) is 2. The predicted molar refractivity (Wildman–Crippen MR) is 78.5 cm³/mol. The average molecular weight is 257 g/mol. The summed E-state index contributed by atoms with van der Waals surface area (Å²) in [5, 5.41) is 6.92. The van der Waals surface area contributed by atoms with Gasteiger partial charge in [-0.25, -0.2) is 0 Å². The molecule has 0 radical (unpaired) electrons. The lowest BCUT2D eigenvalue weighted by atomic mass is 10.2. The Morgan fingerprint density at radius 1 is 1.11 bits per heavy atom. The lowest BCUT2D eigenvalue weighted by molar-refractivity contribution is 0.921. The van der Waals surface area contributed by atoms with E-state index in [2.05, 4.69) is 22.5 Å². The molecular weight excluding hydrogens is 242 g/mol. The topological polar surface area (TPSA) is 37.0 Å². The lowest BCUT2D eigenvalue weighted by Crippen LogP contribution is -2.27. The highest BCUT2D eigenvalue weighted by atomic mass is 32.1. The average Bonchev–Trinajstić information content (AvgIpc) is 2.40. The van der Waals surface area contributed by atoms with Gasteiger partial charge in [0.2, 0.25) is 0 Å². The quantitative estimate of drug-likeness (QED) is 0.829. The summed E-state index contributed by atoms with van der Waals surface area (Å²) in [5.41, 5.74) is 3.38. The maximum atomic E-state index is 5.23. The summed E-state index contributed by atoms with van der Waals surface area (Å²) < 4.78 is 0. The zero-order chi connectivity index (χ0) is 12.8. The maximum Gasteiger partial charge on any atom is 0.171 e. The summed E-state index contributed by atoms with van der Waals surface area (Å²) >= 11 is 5.23. The Hall–Kier alpha value is -1.94. The predicted octanol–water partition coefficient (Wildman–Crippen LogP) is 2.88. The molecule has 0 atom stereocenters. The summed E-state index contributed by atoms with van der Waals surface area (Å²) in [6, 6.07) is 12.0. The molecule has 0 amide bonds. The number of aryl methyl sites for hydroxylation is 1. The number of pyridine rings is 1. The third-order valence-electron chi connectivity index (χ3n) is 2.51. The van der Waals surface area contributed by atoms with Gasteiger partial charge < -0.3 is 10.6 Å². The molecule has 2 aromatic rings. The number of aromatic nitrogens is 1. The van der Waals surface area contributed by atoms with E-state index in [9.17, 15) is 0 Å². The lowest BCUT2D eigenvalue weighted by Gasteiger charge is -2.10. The first-order chi connectivity index (χ1) is 8.74. The molecule has 0 aliphatic rings. The normalized spacial score (nSPS) is 9.83. The molecule has 18 heavy (non-hydrogen) atoms. The Bertz CT molecular complexity index is 508. The Kier molecular flexibility index (Phi) is 4.25. The second-order valence-corrected chi connectivity index (χ2v) is 4.44. The van der Waals surface area contributed by atoms with Crippen molar-refractivity contribution in [2.75, 3.05) is 5.32 Å². The van der Waals surface area contributed by atoms with E-state index < -0.39 is 0 Å². The first kappa shape index (κ1) is 12.5. The van der Waals surface area contributed by atoms with Crippen LogP contribution < -0.4 is 10.6 Å². The van der Waals surface area contributed by atoms with Crippen LogP contribution in [0.2, 0.25) is 0 Å². The van der Waals surface area contributed by atoms with Gasteiger partial charge in [0.25, 0.3) is 0 Å². The standard InChI is InChI=1S/C14H15N3S/c1-11-2-4-13(5-3-11)17-14(18)16-10-12-6-8-15-9-7-12/h2-9H,10H2,1H3,(H2,16,17,18). The molecule has 0 bridgehead atoms. The van der Waals surface area contributed by atoms with Gasteiger partial charge in [0, 0.05) is 24.6 Å². The summed E-state index contributed by atoms with van der Waals surface area (Å²) in [7, 11) is 0. The number of nitrogens with one attached hydrogen (secondary N) is 2. The smallest absolute Gasteiger partial charge is 0.171 e. The molecule has 0 aliphatic carbocycles. The van der Waals surface area contributed by atoms with Crippen molar-refractivity contribution in [3.8, 4) is 0 Å². The van der Waals surface area contributed by atoms with E-state index in [4.69, 9.17) is 12.2 Å². The second-order valence-electron chi connectivity index (χ2n) is 4.03. The van der Waals surface area contributed by atoms with Crippen LogP contribution in [0, 0.1) is 6.92 Å². The fourth-order valence-electron chi connectivity index (χ4n) is 1.50. The second kappa shape index (κ2) is 6.12. The number of nitrogens with zero attached hydrogens (tertiary/aromatic N) is 1. The van der Waals surface area contributed by atoms with Crippen molar-refractivity contribution in [2.24, 2.45) is 0 Å². The highest BCUT2D eigenvalue weighted by Gasteiger charge is 1.97. The first-order valence-corrected chi connectivity index (χ1v) is 6.15. The molecular formula is C14H15N3S. The van der Waals surface area contributed by atoms with Crippen LogP contribution in [0.3, 0.4) is 0 Å². The van der Waals surface area contributed by atoms with Crippen molar-refractivity contribution < 1.29 is 0 Å². The molecule has 1 heterocycles. The van der Waals surface area contributed by atoms with E-state index in [0.717, 1.165) is 11.3 Å².